The van der Waals surface area contributed by atoms with Gasteiger partial charge in [0.1, 0.15) is 0 Å². The Hall–Kier alpha value is -0.860. The van der Waals surface area contributed by atoms with Gasteiger partial charge in [0.05, 0.1) is 12.2 Å². The minimum absolute atomic E-state index is 0.159. The predicted molar refractivity (Wildman–Crippen MR) is 91.8 cm³/mol. The van der Waals surface area contributed by atoms with Gasteiger partial charge in [-0.2, -0.15) is 0 Å². The molecule has 0 aliphatic heterocycles. The van der Waals surface area contributed by atoms with Crippen LogP contribution in [0.5, 0.6) is 0 Å². The van der Waals surface area contributed by atoms with Crippen molar-refractivity contribution in [3.05, 3.63) is 35.4 Å². The van der Waals surface area contributed by atoms with Crippen LogP contribution in [0.4, 0.5) is 0 Å². The van der Waals surface area contributed by atoms with Gasteiger partial charge in [0, 0.05) is 6.54 Å². The number of hydrogen-bond donors (Lipinski definition) is 1. The number of likely N-dealkylation sites (N-methyl/N-ethyl adjacent to an activating group) is 1. The highest BCUT2D eigenvalue weighted by Gasteiger charge is 2.15. The highest BCUT2D eigenvalue weighted by atomic mass is 16.5. The van der Waals surface area contributed by atoms with Gasteiger partial charge in [-0.1, -0.05) is 69.4 Å². The van der Waals surface area contributed by atoms with E-state index in [0.29, 0.717) is 6.10 Å². The standard InChI is InChI=1S/C19H33NO/c1-5-7-8-9-10-17(4)21-19(15-20-6-2)18-13-11-16(3)12-14-18/h11-14,17,19-20H,5-10,15H2,1-4H3. The number of hydrogen-bond acceptors (Lipinski definition) is 2. The average Bonchev–Trinajstić information content (AvgIpc) is 2.49. The molecule has 0 aromatic heterocycles. The fourth-order valence-corrected chi connectivity index (χ4v) is 2.51. The van der Waals surface area contributed by atoms with Crippen molar-refractivity contribution < 1.29 is 4.74 Å². The first-order valence-electron chi connectivity index (χ1n) is 8.60. The van der Waals surface area contributed by atoms with Crippen LogP contribution < -0.4 is 5.32 Å². The summed E-state index contributed by atoms with van der Waals surface area (Å²) in [5.41, 5.74) is 2.58. The lowest BCUT2D eigenvalue weighted by Gasteiger charge is -2.23. The highest BCUT2D eigenvalue weighted by molar-refractivity contribution is 5.23. The third kappa shape index (κ3) is 7.63. The van der Waals surface area contributed by atoms with E-state index in [1.54, 1.807) is 0 Å². The van der Waals surface area contributed by atoms with Crippen molar-refractivity contribution in [2.24, 2.45) is 0 Å². The molecule has 1 N–H and O–H groups in total. The Bertz CT molecular complexity index is 360. The lowest BCUT2D eigenvalue weighted by Crippen LogP contribution is -2.26. The van der Waals surface area contributed by atoms with Gasteiger partial charge in [0.25, 0.3) is 0 Å². The van der Waals surface area contributed by atoms with Crippen LogP contribution in [-0.2, 0) is 4.74 Å². The average molecular weight is 291 g/mol. The first-order chi connectivity index (χ1) is 10.2. The van der Waals surface area contributed by atoms with Gasteiger partial charge in [-0.25, -0.2) is 0 Å². The maximum Gasteiger partial charge on any atom is 0.0952 e. The molecule has 0 aliphatic rings. The van der Waals surface area contributed by atoms with Gasteiger partial charge in [-0.15, -0.1) is 0 Å². The molecule has 1 aromatic carbocycles. The second kappa shape index (κ2) is 10.8. The quantitative estimate of drug-likeness (QED) is 0.578. The first kappa shape index (κ1) is 18.2. The summed E-state index contributed by atoms with van der Waals surface area (Å²) < 4.78 is 6.30. The minimum Gasteiger partial charge on any atom is -0.369 e. The molecular weight excluding hydrogens is 258 g/mol. The summed E-state index contributed by atoms with van der Waals surface area (Å²) in [7, 11) is 0. The lowest BCUT2D eigenvalue weighted by molar-refractivity contribution is -0.00784. The molecule has 2 heteroatoms. The number of aryl methyl sites for hydroxylation is 1. The molecule has 2 nitrogen and oxygen atoms in total. The van der Waals surface area contributed by atoms with Crippen molar-refractivity contribution in [1.29, 1.82) is 0 Å². The van der Waals surface area contributed by atoms with Gasteiger partial charge >= 0.3 is 0 Å². The third-order valence-corrected chi connectivity index (χ3v) is 3.89. The van der Waals surface area contributed by atoms with Crippen molar-refractivity contribution in [3.63, 3.8) is 0 Å². The normalized spacial score (nSPS) is 14.1. The number of benzene rings is 1. The minimum atomic E-state index is 0.159. The number of rotatable bonds is 11. The Morgan fingerprint density at radius 1 is 1.05 bits per heavy atom. The van der Waals surface area contributed by atoms with Crippen LogP contribution in [0.2, 0.25) is 0 Å². The van der Waals surface area contributed by atoms with E-state index in [1.807, 2.05) is 0 Å². The predicted octanol–water partition coefficient (Wildman–Crippen LogP) is 5.02. The molecule has 0 fully saturated rings. The summed E-state index contributed by atoms with van der Waals surface area (Å²) in [6.45, 7) is 10.6. The molecule has 1 rings (SSSR count). The van der Waals surface area contributed by atoms with Crippen molar-refractivity contribution in [2.45, 2.75) is 72.0 Å². The van der Waals surface area contributed by atoms with Crippen molar-refractivity contribution in [3.8, 4) is 0 Å². The molecule has 0 spiro atoms. The van der Waals surface area contributed by atoms with Gasteiger partial charge in [-0.05, 0) is 32.4 Å². The molecule has 0 saturated carbocycles. The maximum atomic E-state index is 6.30. The fourth-order valence-electron chi connectivity index (χ4n) is 2.51. The van der Waals surface area contributed by atoms with Gasteiger partial charge < -0.3 is 10.1 Å². The van der Waals surface area contributed by atoms with Crippen LogP contribution in [0.15, 0.2) is 24.3 Å². The van der Waals surface area contributed by atoms with E-state index in [4.69, 9.17) is 4.74 Å². The molecule has 0 heterocycles. The Balaban J connectivity index is 2.50. The largest absolute Gasteiger partial charge is 0.369 e. The summed E-state index contributed by atoms with van der Waals surface area (Å²) >= 11 is 0. The summed E-state index contributed by atoms with van der Waals surface area (Å²) in [6.07, 6.45) is 6.88. The van der Waals surface area contributed by atoms with Gasteiger partial charge in [0.15, 0.2) is 0 Å². The SMILES string of the molecule is CCCCCCC(C)OC(CNCC)c1ccc(C)cc1. The van der Waals surface area contributed by atoms with Crippen LogP contribution in [0, 0.1) is 6.92 Å². The molecule has 0 radical (unpaired) electrons. The zero-order valence-electron chi connectivity index (χ0n) is 14.3. The molecule has 21 heavy (non-hydrogen) atoms. The van der Waals surface area contributed by atoms with E-state index in [2.05, 4.69) is 57.3 Å². The van der Waals surface area contributed by atoms with E-state index in [-0.39, 0.29) is 6.10 Å². The fraction of sp³-hybridized carbons (Fsp3) is 0.684. The number of nitrogens with one attached hydrogen (secondary N) is 1. The van der Waals surface area contributed by atoms with Crippen molar-refractivity contribution in [2.75, 3.05) is 13.1 Å². The van der Waals surface area contributed by atoms with Crippen molar-refractivity contribution >= 4 is 0 Å². The Kier molecular flexibility index (Phi) is 9.36. The van der Waals surface area contributed by atoms with Crippen molar-refractivity contribution in [1.82, 2.24) is 5.32 Å². The van der Waals surface area contributed by atoms with Crippen LogP contribution in [0.3, 0.4) is 0 Å². The third-order valence-electron chi connectivity index (χ3n) is 3.89. The zero-order chi connectivity index (χ0) is 15.5. The van der Waals surface area contributed by atoms with E-state index in [1.165, 1.54) is 36.8 Å². The molecule has 0 saturated heterocycles. The summed E-state index contributed by atoms with van der Waals surface area (Å²) in [4.78, 5) is 0. The van der Waals surface area contributed by atoms with Crippen LogP contribution in [0.1, 0.15) is 70.1 Å². The summed E-state index contributed by atoms with van der Waals surface area (Å²) in [5.74, 6) is 0. The smallest absolute Gasteiger partial charge is 0.0952 e. The zero-order valence-corrected chi connectivity index (χ0v) is 14.3. The van der Waals surface area contributed by atoms with Crippen LogP contribution in [-0.4, -0.2) is 19.2 Å². The molecule has 2 unspecified atom stereocenters. The van der Waals surface area contributed by atoms with E-state index in [0.717, 1.165) is 19.5 Å². The number of ether oxygens (including phenoxy) is 1. The number of unbranched alkanes of at least 4 members (excludes halogenated alkanes) is 3. The maximum absolute atomic E-state index is 6.30. The monoisotopic (exact) mass is 291 g/mol. The van der Waals surface area contributed by atoms with Crippen LogP contribution in [0.25, 0.3) is 0 Å². The Labute approximate surface area is 131 Å². The Morgan fingerprint density at radius 2 is 1.76 bits per heavy atom. The summed E-state index contributed by atoms with van der Waals surface area (Å²) in [6, 6.07) is 8.73. The van der Waals surface area contributed by atoms with Gasteiger partial charge in [0.2, 0.25) is 0 Å². The molecule has 1 aromatic rings. The Morgan fingerprint density at radius 3 is 2.38 bits per heavy atom. The topological polar surface area (TPSA) is 21.3 Å². The van der Waals surface area contributed by atoms with E-state index < -0.39 is 0 Å². The lowest BCUT2D eigenvalue weighted by atomic mass is 10.1. The molecule has 0 bridgehead atoms. The highest BCUT2D eigenvalue weighted by Crippen LogP contribution is 2.21. The van der Waals surface area contributed by atoms with E-state index >= 15 is 0 Å². The first-order valence-corrected chi connectivity index (χ1v) is 8.60. The molecular formula is C19H33NO. The summed E-state index contributed by atoms with van der Waals surface area (Å²) in [5, 5.41) is 3.42. The molecule has 0 amide bonds. The molecule has 0 aliphatic carbocycles. The molecule has 2 atom stereocenters. The van der Waals surface area contributed by atoms with E-state index in [9.17, 15) is 0 Å². The second-order valence-corrected chi connectivity index (χ2v) is 6.00. The molecule has 120 valence electrons. The second-order valence-electron chi connectivity index (χ2n) is 6.00. The van der Waals surface area contributed by atoms with Gasteiger partial charge in [-0.3, -0.25) is 0 Å². The van der Waals surface area contributed by atoms with Crippen LogP contribution >= 0.6 is 0 Å².